The zero-order chi connectivity index (χ0) is 15.8. The predicted octanol–water partition coefficient (Wildman–Crippen LogP) is 4.71. The van der Waals surface area contributed by atoms with Gasteiger partial charge in [0.15, 0.2) is 0 Å². The van der Waals surface area contributed by atoms with Gasteiger partial charge in [-0.2, -0.15) is 0 Å². The Morgan fingerprint density at radius 2 is 1.39 bits per heavy atom. The molecular formula is C20H27NO2. The van der Waals surface area contributed by atoms with Crippen molar-refractivity contribution in [3.05, 3.63) is 29.8 Å². The summed E-state index contributed by atoms with van der Waals surface area (Å²) in [6.07, 6.45) is 12.3. The molecule has 0 bridgehead atoms. The number of carboxylic acids is 1. The lowest BCUT2D eigenvalue weighted by Gasteiger charge is -2.55. The van der Waals surface area contributed by atoms with Crippen LogP contribution in [-0.2, 0) is 0 Å². The lowest BCUT2D eigenvalue weighted by molar-refractivity contribution is 0.0697. The van der Waals surface area contributed by atoms with Crippen molar-refractivity contribution in [2.75, 3.05) is 4.90 Å². The molecule has 4 rings (SSSR count). The van der Waals surface area contributed by atoms with Gasteiger partial charge in [0.05, 0.1) is 5.56 Å². The molecule has 3 heteroatoms. The molecule has 1 N–H and O–H groups in total. The molecule has 4 atom stereocenters. The molecule has 0 spiro atoms. The van der Waals surface area contributed by atoms with Gasteiger partial charge in [0.2, 0.25) is 0 Å². The van der Waals surface area contributed by atoms with E-state index in [2.05, 4.69) is 4.90 Å². The molecule has 2 aliphatic carbocycles. The summed E-state index contributed by atoms with van der Waals surface area (Å²) in [5.41, 5.74) is 1.65. The fourth-order valence-electron chi connectivity index (χ4n) is 5.45. The quantitative estimate of drug-likeness (QED) is 0.859. The molecule has 1 aromatic rings. The second-order valence-electron chi connectivity index (χ2n) is 7.72. The summed E-state index contributed by atoms with van der Waals surface area (Å²) in [5, 5.41) is 9.15. The summed E-state index contributed by atoms with van der Waals surface area (Å²) in [4.78, 5) is 13.8. The average molecular weight is 313 g/mol. The lowest BCUT2D eigenvalue weighted by atomic mass is 9.68. The fourth-order valence-corrected chi connectivity index (χ4v) is 5.45. The highest BCUT2D eigenvalue weighted by Crippen LogP contribution is 2.47. The van der Waals surface area contributed by atoms with Crippen LogP contribution >= 0.6 is 0 Å². The van der Waals surface area contributed by atoms with Crippen molar-refractivity contribution in [3.8, 4) is 0 Å². The van der Waals surface area contributed by atoms with Crippen LogP contribution in [0.1, 0.15) is 68.1 Å². The first-order valence-electron chi connectivity index (χ1n) is 9.36. The van der Waals surface area contributed by atoms with Crippen LogP contribution in [0.4, 0.5) is 5.69 Å². The van der Waals surface area contributed by atoms with E-state index >= 15 is 0 Å². The molecule has 3 fully saturated rings. The summed E-state index contributed by atoms with van der Waals surface area (Å²) in [6.45, 7) is 0. The maximum atomic E-state index is 11.1. The second-order valence-corrected chi connectivity index (χ2v) is 7.72. The molecule has 4 unspecified atom stereocenters. The number of hydrogen-bond donors (Lipinski definition) is 1. The Kier molecular flexibility index (Phi) is 4.04. The third-order valence-corrected chi connectivity index (χ3v) is 6.47. The van der Waals surface area contributed by atoms with Gasteiger partial charge in [-0.15, -0.1) is 0 Å². The Morgan fingerprint density at radius 1 is 0.870 bits per heavy atom. The summed E-state index contributed by atoms with van der Waals surface area (Å²) < 4.78 is 0. The van der Waals surface area contributed by atoms with Crippen LogP contribution in [0.25, 0.3) is 0 Å². The first-order chi connectivity index (χ1) is 11.2. The minimum atomic E-state index is -0.832. The molecule has 0 radical (unpaired) electrons. The number of piperidine rings is 1. The van der Waals surface area contributed by atoms with E-state index < -0.39 is 5.97 Å². The van der Waals surface area contributed by atoms with E-state index in [0.717, 1.165) is 11.8 Å². The Hall–Kier alpha value is -1.51. The second kappa shape index (κ2) is 6.18. The number of nitrogens with zero attached hydrogens (tertiary/aromatic N) is 1. The minimum Gasteiger partial charge on any atom is -0.478 e. The van der Waals surface area contributed by atoms with Crippen LogP contribution in [0.5, 0.6) is 0 Å². The van der Waals surface area contributed by atoms with Crippen molar-refractivity contribution in [3.63, 3.8) is 0 Å². The van der Waals surface area contributed by atoms with E-state index in [1.807, 2.05) is 12.1 Å². The molecule has 1 aromatic carbocycles. The zero-order valence-electron chi connectivity index (χ0n) is 13.8. The van der Waals surface area contributed by atoms with Gasteiger partial charge >= 0.3 is 5.97 Å². The lowest BCUT2D eigenvalue weighted by Crippen LogP contribution is -2.57. The number of hydrogen-bond acceptors (Lipinski definition) is 2. The minimum absolute atomic E-state index is 0.395. The van der Waals surface area contributed by atoms with E-state index in [1.165, 1.54) is 63.5 Å². The molecule has 124 valence electrons. The van der Waals surface area contributed by atoms with Crippen LogP contribution < -0.4 is 4.90 Å². The number of anilines is 1. The number of fused-ring (bicyclic) bond motifs is 2. The van der Waals surface area contributed by atoms with Crippen molar-refractivity contribution in [1.29, 1.82) is 0 Å². The van der Waals surface area contributed by atoms with Gasteiger partial charge < -0.3 is 10.0 Å². The standard InChI is InChI=1S/C20H27NO2/c22-20(23)14-9-11-17(12-10-14)21-18-7-3-1-5-15(18)13-16-6-2-4-8-19(16)21/h9-12,15-16,18-19H,1-8,13H2,(H,22,23). The number of carboxylic acid groups (broad SMARTS) is 1. The van der Waals surface area contributed by atoms with Crippen molar-refractivity contribution in [2.45, 2.75) is 69.9 Å². The molecule has 0 amide bonds. The highest BCUT2D eigenvalue weighted by molar-refractivity contribution is 5.88. The third-order valence-electron chi connectivity index (χ3n) is 6.47. The molecule has 3 nitrogen and oxygen atoms in total. The van der Waals surface area contributed by atoms with Crippen molar-refractivity contribution >= 4 is 11.7 Å². The molecule has 23 heavy (non-hydrogen) atoms. The molecule has 1 heterocycles. The van der Waals surface area contributed by atoms with Crippen molar-refractivity contribution in [2.24, 2.45) is 11.8 Å². The van der Waals surface area contributed by atoms with Gasteiger partial charge in [0.1, 0.15) is 0 Å². The van der Waals surface area contributed by atoms with Gasteiger partial charge in [0, 0.05) is 17.8 Å². The van der Waals surface area contributed by atoms with Gasteiger partial charge in [-0.1, -0.05) is 25.7 Å². The van der Waals surface area contributed by atoms with Crippen LogP contribution in [0, 0.1) is 11.8 Å². The van der Waals surface area contributed by atoms with E-state index in [-0.39, 0.29) is 0 Å². The van der Waals surface area contributed by atoms with E-state index in [1.54, 1.807) is 12.1 Å². The summed E-state index contributed by atoms with van der Waals surface area (Å²) >= 11 is 0. The topological polar surface area (TPSA) is 40.5 Å². The van der Waals surface area contributed by atoms with E-state index in [9.17, 15) is 4.79 Å². The molecule has 1 saturated heterocycles. The number of carbonyl (C=O) groups is 1. The molecule has 1 aliphatic heterocycles. The largest absolute Gasteiger partial charge is 0.478 e. The first-order valence-corrected chi connectivity index (χ1v) is 9.36. The highest BCUT2D eigenvalue weighted by atomic mass is 16.4. The predicted molar refractivity (Wildman–Crippen MR) is 92.0 cm³/mol. The maximum absolute atomic E-state index is 11.1. The number of benzene rings is 1. The molecule has 0 aromatic heterocycles. The Bertz CT molecular complexity index is 546. The van der Waals surface area contributed by atoms with E-state index in [4.69, 9.17) is 5.11 Å². The summed E-state index contributed by atoms with van der Waals surface area (Å²) in [6, 6.07) is 9.01. The average Bonchev–Trinajstić information content (AvgIpc) is 2.59. The van der Waals surface area contributed by atoms with Gasteiger partial charge in [-0.3, -0.25) is 0 Å². The number of aromatic carboxylic acids is 1. The molecular weight excluding hydrogens is 286 g/mol. The van der Waals surface area contributed by atoms with Crippen molar-refractivity contribution < 1.29 is 9.90 Å². The first kappa shape index (κ1) is 15.0. The van der Waals surface area contributed by atoms with Crippen LogP contribution in [0.15, 0.2) is 24.3 Å². The van der Waals surface area contributed by atoms with Gasteiger partial charge in [-0.05, 0) is 68.2 Å². The SMILES string of the molecule is O=C(O)c1ccc(N2C3CCCCC3CC3CCCCC32)cc1. The van der Waals surface area contributed by atoms with E-state index in [0.29, 0.717) is 17.6 Å². The van der Waals surface area contributed by atoms with Crippen LogP contribution in [0.3, 0.4) is 0 Å². The van der Waals surface area contributed by atoms with Crippen LogP contribution in [0.2, 0.25) is 0 Å². The Labute approximate surface area is 138 Å². The van der Waals surface area contributed by atoms with Crippen LogP contribution in [-0.4, -0.2) is 23.2 Å². The maximum Gasteiger partial charge on any atom is 0.335 e. The highest BCUT2D eigenvalue weighted by Gasteiger charge is 2.44. The van der Waals surface area contributed by atoms with Crippen molar-refractivity contribution in [1.82, 2.24) is 0 Å². The normalized spacial score (nSPS) is 33.7. The summed E-state index contributed by atoms with van der Waals surface area (Å²) in [5.74, 6) is 0.866. The smallest absolute Gasteiger partial charge is 0.335 e. The fraction of sp³-hybridized carbons (Fsp3) is 0.650. The molecule has 3 aliphatic rings. The Morgan fingerprint density at radius 3 is 1.91 bits per heavy atom. The third kappa shape index (κ3) is 2.75. The molecule has 2 saturated carbocycles. The Balaban J connectivity index is 1.67. The monoisotopic (exact) mass is 313 g/mol. The summed E-state index contributed by atoms with van der Waals surface area (Å²) in [7, 11) is 0. The zero-order valence-corrected chi connectivity index (χ0v) is 13.8. The van der Waals surface area contributed by atoms with Gasteiger partial charge in [-0.25, -0.2) is 4.79 Å². The number of rotatable bonds is 2. The van der Waals surface area contributed by atoms with Gasteiger partial charge in [0.25, 0.3) is 0 Å².